The Kier molecular flexibility index (Phi) is 8.10. The summed E-state index contributed by atoms with van der Waals surface area (Å²) in [5, 5.41) is 4.41. The highest BCUT2D eigenvalue weighted by molar-refractivity contribution is 5.89. The van der Waals surface area contributed by atoms with Gasteiger partial charge in [0.2, 0.25) is 11.8 Å². The van der Waals surface area contributed by atoms with Gasteiger partial charge in [0.1, 0.15) is 24.7 Å². The van der Waals surface area contributed by atoms with Crippen LogP contribution < -0.4 is 14.2 Å². The first-order valence-corrected chi connectivity index (χ1v) is 12.7. The van der Waals surface area contributed by atoms with Crippen molar-refractivity contribution in [1.29, 1.82) is 0 Å². The third-order valence-electron chi connectivity index (χ3n) is 6.27. The fraction of sp³-hybridized carbons (Fsp3) is 0.161. The number of benzene rings is 3. The summed E-state index contributed by atoms with van der Waals surface area (Å²) in [5.41, 5.74) is 3.76. The van der Waals surface area contributed by atoms with Crippen molar-refractivity contribution in [3.05, 3.63) is 107 Å². The van der Waals surface area contributed by atoms with E-state index in [2.05, 4.69) is 10.1 Å². The molecule has 5 rings (SSSR count). The Hall–Kier alpha value is -5.38. The van der Waals surface area contributed by atoms with Crippen LogP contribution in [0.4, 0.5) is 0 Å². The van der Waals surface area contributed by atoms with Crippen LogP contribution in [0.15, 0.2) is 83.4 Å². The maximum Gasteiger partial charge on any atom is 0.337 e. The number of methoxy groups -OCH3 is 2. The standard InChI is InChI=1S/C31H27N3O7/c1-20-26(32-29(41-20)22-10-12-23(13-11-22)31(36)38-3)19-39-27-14-9-21(15-28(27)37-2)18-40-30-24(17-35)16-34(33-30)25-7-5-4-6-8-25/h4-17H,18-19H2,1-3H3. The smallest absolute Gasteiger partial charge is 0.337 e. The maximum atomic E-state index is 11.7. The summed E-state index contributed by atoms with van der Waals surface area (Å²) in [6, 6.07) is 21.7. The molecule has 0 unspecified atom stereocenters. The minimum atomic E-state index is -0.412. The van der Waals surface area contributed by atoms with E-state index >= 15 is 0 Å². The lowest BCUT2D eigenvalue weighted by Gasteiger charge is -2.12. The minimum absolute atomic E-state index is 0.154. The molecule has 0 bridgehead atoms. The van der Waals surface area contributed by atoms with E-state index in [1.165, 1.54) is 7.11 Å². The number of esters is 1. The molecule has 0 saturated carbocycles. The van der Waals surface area contributed by atoms with E-state index in [0.717, 1.165) is 16.8 Å². The van der Waals surface area contributed by atoms with Crippen molar-refractivity contribution in [2.75, 3.05) is 14.2 Å². The van der Waals surface area contributed by atoms with E-state index in [1.54, 1.807) is 54.4 Å². The molecule has 10 nitrogen and oxygen atoms in total. The van der Waals surface area contributed by atoms with E-state index in [9.17, 15) is 9.59 Å². The van der Waals surface area contributed by atoms with Gasteiger partial charge < -0.3 is 23.4 Å². The number of carbonyl (C=O) groups is 2. The maximum absolute atomic E-state index is 11.7. The molecule has 41 heavy (non-hydrogen) atoms. The lowest BCUT2D eigenvalue weighted by atomic mass is 10.1. The van der Waals surface area contributed by atoms with Gasteiger partial charge in [0.05, 0.1) is 31.0 Å². The number of carbonyl (C=O) groups excluding carboxylic acids is 2. The predicted molar refractivity (Wildman–Crippen MR) is 149 cm³/mol. The normalized spacial score (nSPS) is 10.7. The highest BCUT2D eigenvalue weighted by atomic mass is 16.5. The van der Waals surface area contributed by atoms with Gasteiger partial charge >= 0.3 is 5.97 Å². The molecule has 0 radical (unpaired) electrons. The van der Waals surface area contributed by atoms with Crippen LogP contribution in [0.25, 0.3) is 17.1 Å². The van der Waals surface area contributed by atoms with E-state index in [4.69, 9.17) is 23.4 Å². The lowest BCUT2D eigenvalue weighted by Crippen LogP contribution is -2.02. The van der Waals surface area contributed by atoms with Gasteiger partial charge in [0, 0.05) is 11.8 Å². The molecular weight excluding hydrogens is 526 g/mol. The second-order valence-electron chi connectivity index (χ2n) is 8.94. The molecule has 0 saturated heterocycles. The van der Waals surface area contributed by atoms with Crippen molar-refractivity contribution in [3.8, 4) is 34.5 Å². The van der Waals surface area contributed by atoms with Crippen molar-refractivity contribution in [2.24, 2.45) is 0 Å². The highest BCUT2D eigenvalue weighted by Gasteiger charge is 2.16. The SMILES string of the molecule is COC(=O)c1ccc(-c2nc(COc3ccc(COc4nn(-c5ccccc5)cc4C=O)cc3OC)c(C)o2)cc1. The van der Waals surface area contributed by atoms with Crippen LogP contribution in [-0.4, -0.2) is 41.2 Å². The number of para-hydroxylation sites is 1. The zero-order valence-electron chi connectivity index (χ0n) is 22.7. The highest BCUT2D eigenvalue weighted by Crippen LogP contribution is 2.30. The van der Waals surface area contributed by atoms with Crippen LogP contribution in [-0.2, 0) is 18.0 Å². The summed E-state index contributed by atoms with van der Waals surface area (Å²) in [5.74, 6) is 1.88. The summed E-state index contributed by atoms with van der Waals surface area (Å²) >= 11 is 0. The first-order valence-electron chi connectivity index (χ1n) is 12.7. The van der Waals surface area contributed by atoms with Crippen molar-refractivity contribution in [3.63, 3.8) is 0 Å². The monoisotopic (exact) mass is 553 g/mol. The fourth-order valence-corrected chi connectivity index (χ4v) is 4.05. The summed E-state index contributed by atoms with van der Waals surface area (Å²) in [6.07, 6.45) is 2.35. The number of hydrogen-bond donors (Lipinski definition) is 0. The summed E-state index contributed by atoms with van der Waals surface area (Å²) in [7, 11) is 2.89. The molecule has 0 spiro atoms. The Morgan fingerprint density at radius 1 is 0.951 bits per heavy atom. The first kappa shape index (κ1) is 27.2. The number of aldehydes is 1. The van der Waals surface area contributed by atoms with Crippen LogP contribution in [0, 0.1) is 6.92 Å². The molecule has 0 aliphatic carbocycles. The molecule has 0 amide bonds. The number of ether oxygens (including phenoxy) is 4. The second-order valence-corrected chi connectivity index (χ2v) is 8.94. The molecular formula is C31H27N3O7. The Morgan fingerprint density at radius 3 is 2.44 bits per heavy atom. The van der Waals surface area contributed by atoms with Gasteiger partial charge in [-0.2, -0.15) is 0 Å². The van der Waals surface area contributed by atoms with E-state index < -0.39 is 5.97 Å². The van der Waals surface area contributed by atoms with Crippen LogP contribution in [0.5, 0.6) is 17.4 Å². The van der Waals surface area contributed by atoms with Gasteiger partial charge in [-0.05, 0) is 61.0 Å². The van der Waals surface area contributed by atoms with Crippen LogP contribution >= 0.6 is 0 Å². The predicted octanol–water partition coefficient (Wildman–Crippen LogP) is 5.60. The average Bonchev–Trinajstić information content (AvgIpc) is 3.62. The summed E-state index contributed by atoms with van der Waals surface area (Å²) < 4.78 is 29.6. The van der Waals surface area contributed by atoms with E-state index in [0.29, 0.717) is 46.3 Å². The topological polar surface area (TPSA) is 115 Å². The average molecular weight is 554 g/mol. The number of aryl methyl sites for hydroxylation is 1. The zero-order chi connectivity index (χ0) is 28.8. The zero-order valence-corrected chi connectivity index (χ0v) is 22.7. The largest absolute Gasteiger partial charge is 0.493 e. The Labute approximate surface area is 236 Å². The fourth-order valence-electron chi connectivity index (χ4n) is 4.05. The summed E-state index contributed by atoms with van der Waals surface area (Å²) in [4.78, 5) is 27.8. The van der Waals surface area contributed by atoms with Crippen LogP contribution in [0.1, 0.15) is 37.7 Å². The summed E-state index contributed by atoms with van der Waals surface area (Å²) in [6.45, 7) is 2.13. The van der Waals surface area contributed by atoms with Crippen LogP contribution in [0.3, 0.4) is 0 Å². The molecule has 10 heteroatoms. The molecule has 3 aromatic carbocycles. The Morgan fingerprint density at radius 2 is 1.73 bits per heavy atom. The second kappa shape index (κ2) is 12.2. The third kappa shape index (κ3) is 6.11. The number of hydrogen-bond acceptors (Lipinski definition) is 9. The van der Waals surface area contributed by atoms with E-state index in [-0.39, 0.29) is 19.1 Å². The van der Waals surface area contributed by atoms with Gasteiger partial charge in [-0.3, -0.25) is 4.79 Å². The third-order valence-corrected chi connectivity index (χ3v) is 6.27. The Bertz CT molecular complexity index is 1660. The lowest BCUT2D eigenvalue weighted by molar-refractivity contribution is 0.0600. The Balaban J connectivity index is 1.24. The van der Waals surface area contributed by atoms with Crippen LogP contribution in [0.2, 0.25) is 0 Å². The number of rotatable bonds is 11. The van der Waals surface area contributed by atoms with Gasteiger partial charge in [-0.25, -0.2) is 14.5 Å². The quantitative estimate of drug-likeness (QED) is 0.152. The molecule has 2 aromatic heterocycles. The van der Waals surface area contributed by atoms with E-state index in [1.807, 2.05) is 43.3 Å². The number of oxazole rings is 1. The molecule has 0 atom stereocenters. The van der Waals surface area contributed by atoms with Gasteiger partial charge in [0.15, 0.2) is 17.8 Å². The van der Waals surface area contributed by atoms with Crippen molar-refractivity contribution in [2.45, 2.75) is 20.1 Å². The first-order chi connectivity index (χ1) is 20.0. The molecule has 0 aliphatic rings. The molecule has 208 valence electrons. The molecule has 2 heterocycles. The van der Waals surface area contributed by atoms with Gasteiger partial charge in [0.25, 0.3) is 0 Å². The van der Waals surface area contributed by atoms with Crippen molar-refractivity contribution >= 4 is 12.3 Å². The minimum Gasteiger partial charge on any atom is -0.493 e. The van der Waals surface area contributed by atoms with Crippen molar-refractivity contribution < 1.29 is 33.0 Å². The number of nitrogens with zero attached hydrogens (tertiary/aromatic N) is 3. The van der Waals surface area contributed by atoms with Crippen molar-refractivity contribution in [1.82, 2.24) is 14.8 Å². The molecule has 0 fully saturated rings. The van der Waals surface area contributed by atoms with Gasteiger partial charge in [-0.1, -0.05) is 24.3 Å². The molecule has 0 aliphatic heterocycles. The van der Waals surface area contributed by atoms with Gasteiger partial charge in [-0.15, -0.1) is 5.10 Å². The molecule has 5 aromatic rings. The molecule has 0 N–H and O–H groups in total. The number of aromatic nitrogens is 3.